The minimum atomic E-state index is -0.170. The maximum absolute atomic E-state index is 9.93. The zero-order chi connectivity index (χ0) is 64.5. The maximum atomic E-state index is 9.93. The molecule has 0 N–H and O–H groups in total. The zero-order valence-corrected chi connectivity index (χ0v) is 55.3. The fraction of sp³-hybridized carbons (Fsp3) is 0.270. The van der Waals surface area contributed by atoms with Gasteiger partial charge in [0, 0.05) is 50.4 Å². The first-order chi connectivity index (χ1) is 46.1. The molecule has 12 aromatic rings. The van der Waals surface area contributed by atoms with Gasteiger partial charge in [0.05, 0.1) is 41.4 Å². The number of hydrogen-bond acceptors (Lipinski definition) is 4. The third-order valence-corrected chi connectivity index (χ3v) is 26.0. The molecule has 0 bridgehead atoms. The summed E-state index contributed by atoms with van der Waals surface area (Å²) in [6.07, 6.45) is 13.6. The minimum absolute atomic E-state index is 0.121. The monoisotopic (exact) mass is 1230 g/mol. The van der Waals surface area contributed by atoms with Crippen molar-refractivity contribution in [2.75, 3.05) is 14.7 Å². The van der Waals surface area contributed by atoms with Gasteiger partial charge in [-0.1, -0.05) is 168 Å². The summed E-state index contributed by atoms with van der Waals surface area (Å²) in [5, 5.41) is 20.0. The molecule has 0 saturated heterocycles. The third-order valence-electron chi connectivity index (χ3n) is 26.0. The number of nitriles is 1. The Morgan fingerprint density at radius 1 is 0.347 bits per heavy atom. The fourth-order valence-electron chi connectivity index (χ4n) is 20.4. The molecule has 0 amide bonds. The number of anilines is 6. The van der Waals surface area contributed by atoms with Gasteiger partial charge >= 0.3 is 0 Å². The molecule has 0 aromatic heterocycles. The molecule has 3 aliphatic heterocycles. The topological polar surface area (TPSA) is 42.2 Å². The predicted octanol–water partition coefficient (Wildman–Crippen LogP) is 24.6. The molecule has 3 fully saturated rings. The lowest BCUT2D eigenvalue weighted by molar-refractivity contribution is 0.195. The van der Waals surface area contributed by atoms with Gasteiger partial charge in [0.15, 0.2) is 11.4 Å². The van der Waals surface area contributed by atoms with Crippen molar-refractivity contribution in [2.45, 2.75) is 151 Å². The van der Waals surface area contributed by atoms with Gasteiger partial charge in [0.25, 0.3) is 0 Å². The lowest BCUT2D eigenvalue weighted by atomic mass is 9.61. The van der Waals surface area contributed by atoms with Gasteiger partial charge in [-0.25, -0.2) is 9.69 Å². The Balaban J connectivity index is 0.919. The summed E-state index contributed by atoms with van der Waals surface area (Å²) in [7, 11) is 0. The highest BCUT2D eigenvalue weighted by Gasteiger charge is 2.60. The van der Waals surface area contributed by atoms with Crippen molar-refractivity contribution in [1.29, 1.82) is 5.26 Å². The van der Waals surface area contributed by atoms with E-state index >= 15 is 0 Å². The van der Waals surface area contributed by atoms with E-state index in [9.17, 15) is 5.26 Å². The summed E-state index contributed by atoms with van der Waals surface area (Å²) in [5.74, 6) is 0. The second-order valence-corrected chi connectivity index (χ2v) is 30.1. The Bertz CT molecular complexity index is 5200. The van der Waals surface area contributed by atoms with Crippen LogP contribution in [0.1, 0.15) is 141 Å². The van der Waals surface area contributed by atoms with Crippen LogP contribution in [0.5, 0.6) is 0 Å². The first-order valence-corrected chi connectivity index (χ1v) is 34.7. The molecule has 0 spiro atoms. The average Bonchev–Trinajstić information content (AvgIpc) is 1.67. The van der Waals surface area contributed by atoms with E-state index < -0.39 is 0 Å². The molecule has 18 rings (SSSR count). The second kappa shape index (κ2) is 20.4. The molecule has 12 aromatic carbocycles. The Morgan fingerprint density at radius 2 is 0.705 bits per heavy atom. The Labute approximate surface area is 558 Å². The van der Waals surface area contributed by atoms with Gasteiger partial charge in [0.2, 0.25) is 0 Å². The van der Waals surface area contributed by atoms with Crippen LogP contribution in [0.4, 0.5) is 45.5 Å². The number of hydrogen-bond donors (Lipinski definition) is 0. The quantitative estimate of drug-likeness (QED) is 0.118. The van der Waals surface area contributed by atoms with E-state index in [0.717, 1.165) is 55.6 Å². The summed E-state index contributed by atoms with van der Waals surface area (Å²) in [5.41, 5.74) is 22.5. The molecule has 3 heterocycles. The van der Waals surface area contributed by atoms with Crippen LogP contribution in [0.25, 0.3) is 97.3 Å². The lowest BCUT2D eigenvalue weighted by Crippen LogP contribution is -2.54. The van der Waals surface area contributed by atoms with Crippen molar-refractivity contribution in [3.63, 3.8) is 0 Å². The highest BCUT2D eigenvalue weighted by atomic mass is 15.3. The Hall–Kier alpha value is -10.2. The highest BCUT2D eigenvalue weighted by molar-refractivity contribution is 6.32. The van der Waals surface area contributed by atoms with E-state index in [2.05, 4.69) is 242 Å². The summed E-state index contributed by atoms with van der Waals surface area (Å²) >= 11 is 0. The van der Waals surface area contributed by atoms with Crippen molar-refractivity contribution < 1.29 is 0 Å². The molecule has 6 atom stereocenters. The Kier molecular flexibility index (Phi) is 12.3. The second-order valence-electron chi connectivity index (χ2n) is 30.1. The van der Waals surface area contributed by atoms with Gasteiger partial charge < -0.3 is 14.7 Å². The molecule has 462 valence electrons. The van der Waals surface area contributed by atoms with Crippen LogP contribution in [-0.4, -0.2) is 16.6 Å². The van der Waals surface area contributed by atoms with Crippen LogP contribution >= 0.6 is 0 Å². The lowest BCUT2D eigenvalue weighted by Gasteiger charge is -2.50. The van der Waals surface area contributed by atoms with Crippen LogP contribution < -0.4 is 14.7 Å². The molecule has 6 unspecified atom stereocenters. The number of benzene rings is 12. The molecule has 95 heavy (non-hydrogen) atoms. The normalized spacial score (nSPS) is 24.8. The van der Waals surface area contributed by atoms with E-state index in [4.69, 9.17) is 13.1 Å². The van der Waals surface area contributed by atoms with E-state index in [1.54, 1.807) is 0 Å². The smallest absolute Gasteiger partial charge is 0.187 e. The van der Waals surface area contributed by atoms with Crippen molar-refractivity contribution in [3.05, 3.63) is 251 Å². The first kappa shape index (κ1) is 57.5. The average molecular weight is 1230 g/mol. The SMILES string of the molecule is [C-]#[N+]c1ccc(N2c3ccc(-c4cc(-c5ccc6c(c5)C5(C)CCCCC5(C)N6c5ccc(C#N)cc5)c5ccc6c(-c7cccc8ccccc78)cc(-c7ccc8c(c7)C7(C)CCCCC7(C)N8c7ccc([N+]#[C-])cc7)c7ccc4c5c76)cc3C3(C)CCCCC23C)cc1. The molecule has 6 aliphatic rings. The van der Waals surface area contributed by atoms with Gasteiger partial charge in [-0.3, -0.25) is 0 Å². The number of nitrogens with zero attached hydrogens (tertiary/aromatic N) is 6. The van der Waals surface area contributed by atoms with Crippen LogP contribution in [0.3, 0.4) is 0 Å². The van der Waals surface area contributed by atoms with Crippen molar-refractivity contribution in [3.8, 4) is 50.6 Å². The highest BCUT2D eigenvalue weighted by Crippen LogP contribution is 2.65. The largest absolute Gasteiger partial charge is 0.335 e. The standard InChI is InChI=1S/C89H76N6/c1-84-44-11-14-47-87(84,4)93(63-31-22-56(55-90)23-32-63)79-41-24-59(50-76(79)84)73-53-72(58-25-42-80-77(51-58)85(2)45-12-15-48-88(85,5)94(80)64-33-27-61(91-7)28-34-64)68-37-38-70-74(54-75(71-40-39-69(73)82(68)83(70)71)67-21-17-19-57-18-9-10-20-66(57)67)60-26-43-81-78(52-60)86(3)46-13-16-49-89(86,6)95(81)65-35-29-62(92-8)30-36-65/h9-10,17-43,50-54H,11-16,44-49H2,1-6H3. The molecule has 6 heteroatoms. The molecular formula is C89H76N6. The number of rotatable bonds is 7. The molecule has 3 saturated carbocycles. The Morgan fingerprint density at radius 3 is 1.11 bits per heavy atom. The molecule has 6 nitrogen and oxygen atoms in total. The van der Waals surface area contributed by atoms with Crippen LogP contribution in [0.15, 0.2) is 206 Å². The van der Waals surface area contributed by atoms with Crippen LogP contribution in [0, 0.1) is 24.5 Å². The van der Waals surface area contributed by atoms with E-state index in [1.165, 1.54) is 160 Å². The summed E-state index contributed by atoms with van der Waals surface area (Å²) in [6.45, 7) is 30.7. The third kappa shape index (κ3) is 7.71. The van der Waals surface area contributed by atoms with Crippen molar-refractivity contribution in [1.82, 2.24) is 0 Å². The maximum Gasteiger partial charge on any atom is 0.187 e. The van der Waals surface area contributed by atoms with Crippen molar-refractivity contribution in [2.24, 2.45) is 0 Å². The van der Waals surface area contributed by atoms with Gasteiger partial charge in [-0.05, 0) is 261 Å². The minimum Gasteiger partial charge on any atom is -0.335 e. The summed E-state index contributed by atoms with van der Waals surface area (Å²) in [6, 6.07) is 80.4. The predicted molar refractivity (Wildman–Crippen MR) is 395 cm³/mol. The van der Waals surface area contributed by atoms with Crippen LogP contribution in [0.2, 0.25) is 0 Å². The van der Waals surface area contributed by atoms with E-state index in [0.29, 0.717) is 16.9 Å². The molecule has 3 aliphatic carbocycles. The van der Waals surface area contributed by atoms with Gasteiger partial charge in [-0.15, -0.1) is 0 Å². The number of fused-ring (bicyclic) bond motifs is 10. The van der Waals surface area contributed by atoms with E-state index in [-0.39, 0.29) is 32.9 Å². The van der Waals surface area contributed by atoms with Gasteiger partial charge in [-0.2, -0.15) is 5.26 Å². The summed E-state index contributed by atoms with van der Waals surface area (Å²) in [4.78, 5) is 15.5. The van der Waals surface area contributed by atoms with Gasteiger partial charge in [0.1, 0.15) is 0 Å². The molecular weight excluding hydrogens is 1150 g/mol. The first-order valence-electron chi connectivity index (χ1n) is 34.7. The van der Waals surface area contributed by atoms with Crippen molar-refractivity contribution >= 4 is 88.6 Å². The van der Waals surface area contributed by atoms with E-state index in [1.807, 2.05) is 36.4 Å². The molecule has 0 radical (unpaired) electrons. The zero-order valence-electron chi connectivity index (χ0n) is 55.3. The summed E-state index contributed by atoms with van der Waals surface area (Å²) < 4.78 is 0. The fourth-order valence-corrected chi connectivity index (χ4v) is 20.4. The van der Waals surface area contributed by atoms with Crippen LogP contribution in [-0.2, 0) is 16.2 Å².